The Hall–Kier alpha value is -0.990. The largest absolute Gasteiger partial charge is 0.479 e. The zero-order valence-corrected chi connectivity index (χ0v) is 17.5. The normalized spacial score (nSPS) is 28.7. The van der Waals surface area contributed by atoms with Gasteiger partial charge in [-0.2, -0.15) is 0 Å². The Kier molecular flexibility index (Phi) is 7.79. The van der Waals surface area contributed by atoms with Gasteiger partial charge in [-0.05, 0) is 0 Å². The van der Waals surface area contributed by atoms with Crippen molar-refractivity contribution >= 4 is 23.0 Å². The van der Waals surface area contributed by atoms with Crippen molar-refractivity contribution in [2.24, 2.45) is 5.92 Å². The number of nitrogens with zero attached hydrogens (tertiary/aromatic N) is 1. The summed E-state index contributed by atoms with van der Waals surface area (Å²) in [5, 5.41) is 19.7. The third-order valence-electron chi connectivity index (χ3n) is 3.85. The summed E-state index contributed by atoms with van der Waals surface area (Å²) in [7, 11) is -15.6. The molecule has 0 saturated carbocycles. The summed E-state index contributed by atoms with van der Waals surface area (Å²) in [6.45, 7) is -1.61. The molecule has 0 bridgehead atoms. The molecule has 30 heavy (non-hydrogen) atoms. The first-order valence-corrected chi connectivity index (χ1v) is 13.0. The van der Waals surface area contributed by atoms with Gasteiger partial charge in [-0.25, -0.2) is 13.7 Å². The molecular weight excluding hydrogens is 477 g/mol. The topological polar surface area (TPSA) is 255 Å². The summed E-state index contributed by atoms with van der Waals surface area (Å²) in [6.07, 6.45) is -3.25. The van der Waals surface area contributed by atoms with Gasteiger partial charge in [0, 0.05) is 18.2 Å². The van der Waals surface area contributed by atoms with Crippen LogP contribution < -0.4 is 11.2 Å². The lowest BCUT2D eigenvalue weighted by Crippen LogP contribution is -2.36. The van der Waals surface area contributed by atoms with Gasteiger partial charge < -0.3 is 34.5 Å². The van der Waals surface area contributed by atoms with E-state index in [1.165, 1.54) is 0 Å². The number of phosphoric acid groups is 1. The minimum absolute atomic E-state index is 0.718. The number of aliphatic hydroxyl groups excluding tert-OH is 2. The van der Waals surface area contributed by atoms with E-state index in [4.69, 9.17) is 14.5 Å². The number of aromatic amines is 1. The van der Waals surface area contributed by atoms with Gasteiger partial charge in [0.25, 0.3) is 5.56 Å². The highest BCUT2D eigenvalue weighted by molar-refractivity contribution is 7.73. The average molecular weight is 496 g/mol. The zero-order valence-electron chi connectivity index (χ0n) is 14.8. The van der Waals surface area contributed by atoms with Gasteiger partial charge in [-0.3, -0.25) is 28.0 Å². The van der Waals surface area contributed by atoms with E-state index in [0.717, 1.165) is 16.8 Å². The number of H-pyrrole nitrogens is 1. The van der Waals surface area contributed by atoms with E-state index in [2.05, 4.69) is 8.83 Å². The maximum atomic E-state index is 11.9. The van der Waals surface area contributed by atoms with Gasteiger partial charge in [-0.1, -0.05) is 0 Å². The summed E-state index contributed by atoms with van der Waals surface area (Å²) < 4.78 is 48.8. The van der Waals surface area contributed by atoms with E-state index >= 15 is 0 Å². The molecule has 0 aromatic carbocycles. The fraction of sp³-hybridized carbons (Fsp3) is 0.636. The van der Waals surface area contributed by atoms with Crippen molar-refractivity contribution < 1.29 is 57.1 Å². The first-order chi connectivity index (χ1) is 13.6. The second-order valence-corrected chi connectivity index (χ2v) is 11.8. The molecular formula is C11H19N2O14P3. The van der Waals surface area contributed by atoms with Gasteiger partial charge >= 0.3 is 28.7 Å². The lowest BCUT2D eigenvalue weighted by atomic mass is 9.99. The Morgan fingerprint density at radius 3 is 2.33 bits per heavy atom. The van der Waals surface area contributed by atoms with Crippen LogP contribution in [0.2, 0.25) is 0 Å². The van der Waals surface area contributed by atoms with Crippen LogP contribution in [0, 0.1) is 5.92 Å². The van der Waals surface area contributed by atoms with Crippen LogP contribution in [-0.2, 0) is 27.3 Å². The molecule has 2 rings (SSSR count). The number of ether oxygens (including phenoxy) is 1. The highest BCUT2D eigenvalue weighted by Gasteiger charge is 2.46. The summed E-state index contributed by atoms with van der Waals surface area (Å²) in [4.78, 5) is 61.1. The third-order valence-corrected chi connectivity index (χ3v) is 9.08. The van der Waals surface area contributed by atoms with E-state index in [9.17, 15) is 43.3 Å². The number of rotatable bonds is 9. The molecule has 1 aliphatic rings. The van der Waals surface area contributed by atoms with Crippen LogP contribution in [0.3, 0.4) is 0 Å². The van der Waals surface area contributed by atoms with Crippen molar-refractivity contribution in [1.82, 2.24) is 9.55 Å². The highest BCUT2D eigenvalue weighted by atomic mass is 31.3. The van der Waals surface area contributed by atoms with Crippen molar-refractivity contribution in [2.75, 3.05) is 19.1 Å². The van der Waals surface area contributed by atoms with E-state index in [1.807, 2.05) is 4.98 Å². The van der Waals surface area contributed by atoms with Crippen LogP contribution in [0.5, 0.6) is 0 Å². The SMILES string of the molecule is O=c1ccn(C2O[C@H](COP(=O)(O)OP(=O)(O)CP(=O)(O)O)[C@@H](CO)[C@H]2O)c(=O)[nH]1. The second kappa shape index (κ2) is 9.25. The smallest absolute Gasteiger partial charge is 0.396 e. The van der Waals surface area contributed by atoms with Crippen molar-refractivity contribution in [2.45, 2.75) is 18.4 Å². The number of phosphoric ester groups is 1. The quantitative estimate of drug-likeness (QED) is 0.180. The summed E-state index contributed by atoms with van der Waals surface area (Å²) in [5.41, 5.74) is -1.66. The monoisotopic (exact) mass is 496 g/mol. The van der Waals surface area contributed by atoms with Crippen LogP contribution in [0.1, 0.15) is 6.23 Å². The standard InChI is InChI=1S/C11H19N2O14P3/c14-3-6-7(4-25-30(23,24)27-29(21,22)5-28(18,19)20)26-10(9(6)16)13-2-1-8(15)12-11(13)17/h1-2,6-7,9-10,14,16H,3-5H2,(H,21,22)(H,23,24)(H,12,15,17)(H2,18,19,20)/t6-,7-,9-,10?/m1/s1. The van der Waals surface area contributed by atoms with E-state index < -0.39 is 77.7 Å². The van der Waals surface area contributed by atoms with Crippen LogP contribution >= 0.6 is 23.0 Å². The first-order valence-electron chi connectivity index (χ1n) is 7.95. The molecule has 0 amide bonds. The summed E-state index contributed by atoms with van der Waals surface area (Å²) in [6, 6.07) is 0.963. The number of nitrogens with one attached hydrogen (secondary N) is 1. The molecule has 0 aliphatic carbocycles. The predicted molar refractivity (Wildman–Crippen MR) is 95.4 cm³/mol. The molecule has 16 nitrogen and oxygen atoms in total. The Balaban J connectivity index is 2.11. The third kappa shape index (κ3) is 6.76. The van der Waals surface area contributed by atoms with Crippen molar-refractivity contribution in [3.63, 3.8) is 0 Å². The molecule has 7 N–H and O–H groups in total. The zero-order chi connectivity index (χ0) is 22.9. The fourth-order valence-corrected chi connectivity index (χ4v) is 7.00. The predicted octanol–water partition coefficient (Wildman–Crippen LogP) is -2.14. The minimum Gasteiger partial charge on any atom is -0.396 e. The molecule has 6 atom stereocenters. The molecule has 0 spiro atoms. The highest BCUT2D eigenvalue weighted by Crippen LogP contribution is 2.65. The maximum absolute atomic E-state index is 11.9. The van der Waals surface area contributed by atoms with Crippen molar-refractivity contribution in [3.8, 4) is 0 Å². The Morgan fingerprint density at radius 2 is 1.80 bits per heavy atom. The van der Waals surface area contributed by atoms with Crippen molar-refractivity contribution in [1.29, 1.82) is 0 Å². The molecule has 1 saturated heterocycles. The Morgan fingerprint density at radius 1 is 1.17 bits per heavy atom. The van der Waals surface area contributed by atoms with Crippen molar-refractivity contribution in [3.05, 3.63) is 33.1 Å². The molecule has 172 valence electrons. The molecule has 2 heterocycles. The van der Waals surface area contributed by atoms with E-state index in [0.29, 0.717) is 0 Å². The van der Waals surface area contributed by atoms with Crippen LogP contribution in [-0.4, -0.2) is 70.7 Å². The minimum atomic E-state index is -5.33. The van der Waals surface area contributed by atoms with Gasteiger partial charge in [0.1, 0.15) is 6.10 Å². The fourth-order valence-electron chi connectivity index (χ4n) is 2.65. The molecule has 1 aliphatic heterocycles. The van der Waals surface area contributed by atoms with Crippen LogP contribution in [0.4, 0.5) is 0 Å². The van der Waals surface area contributed by atoms with Gasteiger partial charge in [0.05, 0.1) is 19.3 Å². The van der Waals surface area contributed by atoms with Crippen LogP contribution in [0.25, 0.3) is 0 Å². The molecule has 1 aromatic rings. The first kappa shape index (κ1) is 25.3. The molecule has 0 radical (unpaired) electrons. The lowest BCUT2D eigenvalue weighted by molar-refractivity contribution is -0.0530. The molecule has 1 aromatic heterocycles. The van der Waals surface area contributed by atoms with E-state index in [1.54, 1.807) is 0 Å². The summed E-state index contributed by atoms with van der Waals surface area (Å²) in [5.74, 6) is -2.88. The number of hydrogen-bond donors (Lipinski definition) is 7. The second-order valence-electron chi connectivity index (χ2n) is 6.21. The Labute approximate surface area is 167 Å². The number of hydrogen-bond acceptors (Lipinski definition) is 10. The maximum Gasteiger partial charge on any atom is 0.479 e. The molecule has 3 unspecified atom stereocenters. The lowest BCUT2D eigenvalue weighted by Gasteiger charge is -2.20. The van der Waals surface area contributed by atoms with Gasteiger partial charge in [0.15, 0.2) is 12.1 Å². The number of aromatic nitrogens is 2. The molecule has 1 fully saturated rings. The average Bonchev–Trinajstić information content (AvgIpc) is 2.85. The Bertz CT molecular complexity index is 1010. The van der Waals surface area contributed by atoms with Gasteiger partial charge in [0.2, 0.25) is 0 Å². The van der Waals surface area contributed by atoms with E-state index in [-0.39, 0.29) is 0 Å². The summed E-state index contributed by atoms with van der Waals surface area (Å²) >= 11 is 0. The van der Waals surface area contributed by atoms with Crippen LogP contribution in [0.15, 0.2) is 21.9 Å². The number of aliphatic hydroxyl groups is 2. The molecule has 19 heteroatoms. The van der Waals surface area contributed by atoms with Gasteiger partial charge in [-0.15, -0.1) is 0 Å².